The van der Waals surface area contributed by atoms with Gasteiger partial charge in [0, 0.05) is 35.0 Å². The van der Waals surface area contributed by atoms with E-state index in [1.54, 1.807) is 6.92 Å². The Bertz CT molecular complexity index is 569. The fourth-order valence-electron chi connectivity index (χ4n) is 2.51. The number of nitrogens with zero attached hydrogens (tertiary/aromatic N) is 1. The lowest BCUT2D eigenvalue weighted by atomic mass is 9.84. The fraction of sp³-hybridized carbons (Fsp3) is 0.312. The Kier molecular flexibility index (Phi) is 3.81. The standard InChI is InChI=1S/C16H18ClNO/c1-10-9-15(13-5-7-14(17)8-6-13)16(12(3)19)11(2)18(10)4/h5-9,15H,1-4H3. The molecule has 100 valence electrons. The molecule has 1 aliphatic rings. The minimum atomic E-state index is 0.0194. The van der Waals surface area contributed by atoms with Crippen LogP contribution in [-0.2, 0) is 4.79 Å². The second kappa shape index (κ2) is 5.22. The number of benzene rings is 1. The van der Waals surface area contributed by atoms with Gasteiger partial charge in [0.25, 0.3) is 0 Å². The second-order valence-corrected chi connectivity index (χ2v) is 5.39. The zero-order valence-electron chi connectivity index (χ0n) is 11.7. The zero-order valence-corrected chi connectivity index (χ0v) is 12.5. The first-order valence-electron chi connectivity index (χ1n) is 6.31. The van der Waals surface area contributed by atoms with E-state index in [9.17, 15) is 4.79 Å². The zero-order chi connectivity index (χ0) is 14.2. The third-order valence-electron chi connectivity index (χ3n) is 3.75. The Morgan fingerprint density at radius 3 is 2.32 bits per heavy atom. The van der Waals surface area contributed by atoms with Gasteiger partial charge in [-0.3, -0.25) is 4.79 Å². The number of halogens is 1. The Balaban J connectivity index is 2.53. The largest absolute Gasteiger partial charge is 0.352 e. The van der Waals surface area contributed by atoms with Gasteiger partial charge in [-0.05, 0) is 38.5 Å². The smallest absolute Gasteiger partial charge is 0.158 e. The molecule has 1 atom stereocenters. The van der Waals surface area contributed by atoms with Crippen molar-refractivity contribution in [2.45, 2.75) is 26.7 Å². The first kappa shape index (κ1) is 13.9. The average molecular weight is 276 g/mol. The first-order chi connectivity index (χ1) is 8.91. The van der Waals surface area contributed by atoms with Gasteiger partial charge < -0.3 is 4.90 Å². The molecule has 3 heteroatoms. The summed E-state index contributed by atoms with van der Waals surface area (Å²) in [6, 6.07) is 7.70. The normalized spacial score (nSPS) is 19.5. The summed E-state index contributed by atoms with van der Waals surface area (Å²) in [5, 5.41) is 0.711. The molecule has 0 radical (unpaired) electrons. The highest BCUT2D eigenvalue weighted by Crippen LogP contribution is 2.36. The maximum atomic E-state index is 12.0. The molecule has 19 heavy (non-hydrogen) atoms. The molecule has 0 aliphatic carbocycles. The molecule has 0 amide bonds. The van der Waals surface area contributed by atoms with Crippen LogP contribution in [0.2, 0.25) is 5.02 Å². The molecule has 0 spiro atoms. The molecule has 1 aromatic rings. The van der Waals surface area contributed by atoms with Crippen LogP contribution in [-0.4, -0.2) is 17.7 Å². The summed E-state index contributed by atoms with van der Waals surface area (Å²) in [5.41, 5.74) is 4.13. The van der Waals surface area contributed by atoms with Crippen LogP contribution < -0.4 is 0 Å². The van der Waals surface area contributed by atoms with E-state index < -0.39 is 0 Å². The van der Waals surface area contributed by atoms with Crippen molar-refractivity contribution in [3.63, 3.8) is 0 Å². The number of carbonyl (C=O) groups excluding carboxylic acids is 1. The molecule has 0 fully saturated rings. The second-order valence-electron chi connectivity index (χ2n) is 4.95. The lowest BCUT2D eigenvalue weighted by Crippen LogP contribution is -2.25. The average Bonchev–Trinajstić information content (AvgIpc) is 2.36. The molecule has 2 rings (SSSR count). The minimum Gasteiger partial charge on any atom is -0.352 e. The Morgan fingerprint density at radius 2 is 1.79 bits per heavy atom. The van der Waals surface area contributed by atoms with Crippen molar-refractivity contribution in [3.05, 3.63) is 57.9 Å². The maximum Gasteiger partial charge on any atom is 0.158 e. The minimum absolute atomic E-state index is 0.0194. The van der Waals surface area contributed by atoms with E-state index in [2.05, 4.69) is 17.9 Å². The molecular weight excluding hydrogens is 258 g/mol. The number of hydrogen-bond acceptors (Lipinski definition) is 2. The highest BCUT2D eigenvalue weighted by atomic mass is 35.5. The van der Waals surface area contributed by atoms with Crippen LogP contribution in [0.1, 0.15) is 32.3 Å². The molecule has 0 bridgehead atoms. The van der Waals surface area contributed by atoms with Crippen molar-refractivity contribution in [2.24, 2.45) is 0 Å². The quantitative estimate of drug-likeness (QED) is 0.809. The van der Waals surface area contributed by atoms with E-state index in [1.165, 1.54) is 0 Å². The van der Waals surface area contributed by atoms with Crippen molar-refractivity contribution >= 4 is 17.4 Å². The van der Waals surface area contributed by atoms with Crippen LogP contribution in [0.5, 0.6) is 0 Å². The molecule has 1 heterocycles. The van der Waals surface area contributed by atoms with Crippen LogP contribution in [0.4, 0.5) is 0 Å². The summed E-state index contributed by atoms with van der Waals surface area (Å²) in [5.74, 6) is 0.138. The van der Waals surface area contributed by atoms with Crippen molar-refractivity contribution in [3.8, 4) is 0 Å². The number of ketones is 1. The summed E-state index contributed by atoms with van der Waals surface area (Å²) in [6.45, 7) is 5.68. The molecule has 1 aromatic carbocycles. The lowest BCUT2D eigenvalue weighted by Gasteiger charge is -2.32. The van der Waals surface area contributed by atoms with Crippen molar-refractivity contribution < 1.29 is 4.79 Å². The number of Topliss-reactive ketones (excluding diaryl/α,β-unsaturated/α-hetero) is 1. The topological polar surface area (TPSA) is 20.3 Å². The highest BCUT2D eigenvalue weighted by Gasteiger charge is 2.26. The van der Waals surface area contributed by atoms with Gasteiger partial charge in [0.2, 0.25) is 0 Å². The summed E-state index contributed by atoms with van der Waals surface area (Å²) in [6.07, 6.45) is 2.13. The Labute approximate surface area is 119 Å². The molecular formula is C16H18ClNO. The molecule has 0 saturated heterocycles. The van der Waals surface area contributed by atoms with E-state index in [4.69, 9.17) is 11.6 Å². The molecule has 2 nitrogen and oxygen atoms in total. The van der Waals surface area contributed by atoms with Crippen LogP contribution in [0.3, 0.4) is 0 Å². The predicted octanol–water partition coefficient (Wildman–Crippen LogP) is 4.14. The van der Waals surface area contributed by atoms with Gasteiger partial charge in [-0.2, -0.15) is 0 Å². The highest BCUT2D eigenvalue weighted by molar-refractivity contribution is 6.30. The summed E-state index contributed by atoms with van der Waals surface area (Å²) in [4.78, 5) is 14.0. The number of hydrogen-bond donors (Lipinski definition) is 0. The van der Waals surface area contributed by atoms with Crippen molar-refractivity contribution in [1.82, 2.24) is 4.90 Å². The lowest BCUT2D eigenvalue weighted by molar-refractivity contribution is -0.113. The maximum absolute atomic E-state index is 12.0. The van der Waals surface area contributed by atoms with Crippen LogP contribution >= 0.6 is 11.6 Å². The van der Waals surface area contributed by atoms with Crippen molar-refractivity contribution in [2.75, 3.05) is 7.05 Å². The van der Waals surface area contributed by atoms with Gasteiger partial charge >= 0.3 is 0 Å². The van der Waals surface area contributed by atoms with Crippen molar-refractivity contribution in [1.29, 1.82) is 0 Å². The van der Waals surface area contributed by atoms with E-state index in [1.807, 2.05) is 38.2 Å². The van der Waals surface area contributed by atoms with Gasteiger partial charge in [-0.1, -0.05) is 29.8 Å². The predicted molar refractivity (Wildman–Crippen MR) is 79.1 cm³/mol. The van der Waals surface area contributed by atoms with Crippen LogP contribution in [0.25, 0.3) is 0 Å². The van der Waals surface area contributed by atoms with Gasteiger partial charge in [0.05, 0.1) is 0 Å². The third-order valence-corrected chi connectivity index (χ3v) is 4.00. The molecule has 1 unspecified atom stereocenters. The number of rotatable bonds is 2. The van der Waals surface area contributed by atoms with E-state index in [0.717, 1.165) is 22.5 Å². The summed E-state index contributed by atoms with van der Waals surface area (Å²) in [7, 11) is 1.99. The van der Waals surface area contributed by atoms with Gasteiger partial charge in [0.15, 0.2) is 5.78 Å². The molecule has 1 aliphatic heterocycles. The molecule has 0 aromatic heterocycles. The first-order valence-corrected chi connectivity index (χ1v) is 6.69. The third kappa shape index (κ3) is 2.59. The monoisotopic (exact) mass is 275 g/mol. The Hall–Kier alpha value is -1.54. The summed E-state index contributed by atoms with van der Waals surface area (Å²) >= 11 is 5.93. The molecule has 0 saturated carbocycles. The van der Waals surface area contributed by atoms with Crippen LogP contribution in [0, 0.1) is 0 Å². The Morgan fingerprint density at radius 1 is 1.21 bits per heavy atom. The molecule has 0 N–H and O–H groups in total. The number of allylic oxidation sites excluding steroid dienone is 4. The van der Waals surface area contributed by atoms with Gasteiger partial charge in [0.1, 0.15) is 0 Å². The SMILES string of the molecule is CC(=O)C1=C(C)N(C)C(C)=CC1c1ccc(Cl)cc1. The van der Waals surface area contributed by atoms with E-state index in [0.29, 0.717) is 5.02 Å². The fourth-order valence-corrected chi connectivity index (χ4v) is 2.64. The van der Waals surface area contributed by atoms with Gasteiger partial charge in [-0.25, -0.2) is 0 Å². The number of carbonyl (C=O) groups is 1. The van der Waals surface area contributed by atoms with E-state index in [-0.39, 0.29) is 11.7 Å². The summed E-state index contributed by atoms with van der Waals surface area (Å²) < 4.78 is 0. The van der Waals surface area contributed by atoms with Crippen LogP contribution in [0.15, 0.2) is 47.3 Å². The van der Waals surface area contributed by atoms with E-state index >= 15 is 0 Å². The van der Waals surface area contributed by atoms with Gasteiger partial charge in [-0.15, -0.1) is 0 Å².